The third-order valence-electron chi connectivity index (χ3n) is 4.08. The third kappa shape index (κ3) is 4.21. The number of hydrogen-bond donors (Lipinski definition) is 2. The van der Waals surface area contributed by atoms with Gasteiger partial charge in [-0.3, -0.25) is 9.59 Å². The maximum atomic E-state index is 12.3. The van der Waals surface area contributed by atoms with E-state index in [2.05, 4.69) is 5.32 Å². The molecule has 1 saturated heterocycles. The van der Waals surface area contributed by atoms with Gasteiger partial charge in [0.1, 0.15) is 0 Å². The Morgan fingerprint density at radius 2 is 1.91 bits per heavy atom. The molecule has 0 bridgehead atoms. The van der Waals surface area contributed by atoms with E-state index in [0.717, 1.165) is 5.56 Å². The number of likely N-dealkylation sites (tertiary alicyclic amines) is 1. The molecule has 1 fully saturated rings. The number of amides is 2. The van der Waals surface area contributed by atoms with Crippen molar-refractivity contribution in [2.24, 2.45) is 5.92 Å². The van der Waals surface area contributed by atoms with Gasteiger partial charge in [-0.05, 0) is 30.5 Å². The van der Waals surface area contributed by atoms with E-state index in [0.29, 0.717) is 31.0 Å². The fourth-order valence-corrected chi connectivity index (χ4v) is 2.80. The normalized spacial score (nSPS) is 17.1. The lowest BCUT2D eigenvalue weighted by Gasteiger charge is -2.31. The van der Waals surface area contributed by atoms with Crippen molar-refractivity contribution >= 4 is 23.4 Å². The Morgan fingerprint density at radius 3 is 2.41 bits per heavy atom. The average molecular weight is 325 g/mol. The molecular formula is C16H21ClN2O3. The number of carbonyl (C=O) groups is 2. The van der Waals surface area contributed by atoms with Crippen LogP contribution in [0.1, 0.15) is 31.4 Å². The second-order valence-corrected chi connectivity index (χ2v) is 6.01. The highest BCUT2D eigenvalue weighted by Crippen LogP contribution is 2.20. The summed E-state index contributed by atoms with van der Waals surface area (Å²) in [5.41, 5.74) is 0.821. The van der Waals surface area contributed by atoms with Crippen LogP contribution in [0.15, 0.2) is 24.3 Å². The molecule has 6 heteroatoms. The Labute approximate surface area is 135 Å². The quantitative estimate of drug-likeness (QED) is 0.886. The molecule has 0 aromatic heterocycles. The molecule has 0 aliphatic carbocycles. The zero-order chi connectivity index (χ0) is 16.1. The van der Waals surface area contributed by atoms with Crippen LogP contribution in [0.25, 0.3) is 0 Å². The molecule has 1 aromatic carbocycles. The van der Waals surface area contributed by atoms with Gasteiger partial charge in [0.25, 0.3) is 0 Å². The van der Waals surface area contributed by atoms with Gasteiger partial charge in [0, 0.05) is 31.0 Å². The van der Waals surface area contributed by atoms with E-state index in [4.69, 9.17) is 11.6 Å². The molecule has 0 spiro atoms. The molecule has 5 nitrogen and oxygen atoms in total. The van der Waals surface area contributed by atoms with E-state index in [-0.39, 0.29) is 24.3 Å². The number of nitrogens with one attached hydrogen (secondary N) is 1. The smallest absolute Gasteiger partial charge is 0.223 e. The minimum atomic E-state index is -0.435. The van der Waals surface area contributed by atoms with Crippen molar-refractivity contribution in [1.82, 2.24) is 10.2 Å². The fourth-order valence-electron chi connectivity index (χ4n) is 2.68. The van der Waals surface area contributed by atoms with Crippen molar-refractivity contribution in [3.05, 3.63) is 34.9 Å². The van der Waals surface area contributed by atoms with Gasteiger partial charge in [-0.1, -0.05) is 23.7 Å². The average Bonchev–Trinajstić information content (AvgIpc) is 2.53. The first-order chi connectivity index (χ1) is 10.5. The van der Waals surface area contributed by atoms with Gasteiger partial charge in [0.15, 0.2) is 0 Å². The highest BCUT2D eigenvalue weighted by Gasteiger charge is 2.27. The molecule has 120 valence electrons. The summed E-state index contributed by atoms with van der Waals surface area (Å²) in [4.78, 5) is 25.4. The summed E-state index contributed by atoms with van der Waals surface area (Å²) >= 11 is 5.84. The van der Waals surface area contributed by atoms with Crippen LogP contribution in [0.3, 0.4) is 0 Å². The van der Waals surface area contributed by atoms with Crippen LogP contribution in [0.2, 0.25) is 5.02 Å². The van der Waals surface area contributed by atoms with Crippen molar-refractivity contribution in [2.75, 3.05) is 19.7 Å². The molecule has 0 saturated carbocycles. The van der Waals surface area contributed by atoms with E-state index >= 15 is 0 Å². The third-order valence-corrected chi connectivity index (χ3v) is 4.33. The van der Waals surface area contributed by atoms with Gasteiger partial charge in [-0.25, -0.2) is 0 Å². The maximum Gasteiger partial charge on any atom is 0.223 e. The highest BCUT2D eigenvalue weighted by atomic mass is 35.5. The van der Waals surface area contributed by atoms with Gasteiger partial charge >= 0.3 is 0 Å². The van der Waals surface area contributed by atoms with Crippen LogP contribution < -0.4 is 5.32 Å². The Balaban J connectivity index is 1.93. The minimum absolute atomic E-state index is 0.0493. The lowest BCUT2D eigenvalue weighted by Crippen LogP contribution is -2.43. The van der Waals surface area contributed by atoms with Crippen molar-refractivity contribution in [3.63, 3.8) is 0 Å². The summed E-state index contributed by atoms with van der Waals surface area (Å²) in [6, 6.07) is 6.62. The molecule has 2 N–H and O–H groups in total. The Kier molecular flexibility index (Phi) is 5.80. The number of nitrogens with zero attached hydrogens (tertiary/aromatic N) is 1. The van der Waals surface area contributed by atoms with Gasteiger partial charge in [-0.2, -0.15) is 0 Å². The van der Waals surface area contributed by atoms with Crippen LogP contribution >= 0.6 is 11.6 Å². The predicted molar refractivity (Wildman–Crippen MR) is 84.4 cm³/mol. The summed E-state index contributed by atoms with van der Waals surface area (Å²) in [5, 5.41) is 13.0. The standard InChI is InChI=1S/C16H21ClN2O3/c1-11(21)19-8-6-13(7-9-19)16(22)18-15(10-20)12-2-4-14(17)5-3-12/h2-5,13,15,20H,6-10H2,1H3,(H,18,22). The molecule has 1 aliphatic heterocycles. The topological polar surface area (TPSA) is 69.6 Å². The van der Waals surface area contributed by atoms with E-state index in [1.165, 1.54) is 0 Å². The number of piperidine rings is 1. The molecule has 0 radical (unpaired) electrons. The second-order valence-electron chi connectivity index (χ2n) is 5.58. The lowest BCUT2D eigenvalue weighted by molar-refractivity contribution is -0.134. The first-order valence-electron chi connectivity index (χ1n) is 7.43. The molecular weight excluding hydrogens is 304 g/mol. The number of hydrogen-bond acceptors (Lipinski definition) is 3. The van der Waals surface area contributed by atoms with Crippen molar-refractivity contribution in [3.8, 4) is 0 Å². The van der Waals surface area contributed by atoms with Crippen molar-refractivity contribution < 1.29 is 14.7 Å². The predicted octanol–water partition coefficient (Wildman–Crippen LogP) is 1.75. The monoisotopic (exact) mass is 324 g/mol. The molecule has 2 amide bonds. The van der Waals surface area contributed by atoms with E-state index in [9.17, 15) is 14.7 Å². The molecule has 1 heterocycles. The summed E-state index contributed by atoms with van der Waals surface area (Å²) < 4.78 is 0. The van der Waals surface area contributed by atoms with Gasteiger partial charge < -0.3 is 15.3 Å². The van der Waals surface area contributed by atoms with Crippen molar-refractivity contribution in [2.45, 2.75) is 25.8 Å². The van der Waals surface area contributed by atoms with Crippen molar-refractivity contribution in [1.29, 1.82) is 0 Å². The van der Waals surface area contributed by atoms with Gasteiger partial charge in [0.2, 0.25) is 11.8 Å². The Morgan fingerprint density at radius 1 is 1.32 bits per heavy atom. The summed E-state index contributed by atoms with van der Waals surface area (Å²) in [6.45, 7) is 2.60. The summed E-state index contributed by atoms with van der Waals surface area (Å²) in [7, 11) is 0. The first-order valence-corrected chi connectivity index (χ1v) is 7.81. The molecule has 1 unspecified atom stereocenters. The Hall–Kier alpha value is -1.59. The lowest BCUT2D eigenvalue weighted by atomic mass is 9.95. The SMILES string of the molecule is CC(=O)N1CCC(C(=O)NC(CO)c2ccc(Cl)cc2)CC1. The summed E-state index contributed by atoms with van der Waals surface area (Å²) in [5.74, 6) is -0.137. The molecule has 1 aromatic rings. The number of aliphatic hydroxyl groups is 1. The minimum Gasteiger partial charge on any atom is -0.394 e. The molecule has 1 atom stereocenters. The van der Waals surface area contributed by atoms with Gasteiger partial charge in [0.05, 0.1) is 12.6 Å². The van der Waals surface area contributed by atoms with E-state index < -0.39 is 6.04 Å². The van der Waals surface area contributed by atoms with Crippen LogP contribution in [0, 0.1) is 5.92 Å². The highest BCUT2D eigenvalue weighted by molar-refractivity contribution is 6.30. The first kappa shape index (κ1) is 16.8. The number of benzene rings is 1. The molecule has 2 rings (SSSR count). The van der Waals surface area contributed by atoms with Crippen LogP contribution in [-0.4, -0.2) is 41.5 Å². The largest absolute Gasteiger partial charge is 0.394 e. The van der Waals surface area contributed by atoms with E-state index in [1.807, 2.05) is 0 Å². The number of halogens is 1. The van der Waals surface area contributed by atoms with E-state index in [1.54, 1.807) is 36.1 Å². The molecule has 22 heavy (non-hydrogen) atoms. The number of aliphatic hydroxyl groups excluding tert-OH is 1. The molecule has 1 aliphatic rings. The van der Waals surface area contributed by atoms with Gasteiger partial charge in [-0.15, -0.1) is 0 Å². The zero-order valence-electron chi connectivity index (χ0n) is 12.6. The zero-order valence-corrected chi connectivity index (χ0v) is 13.3. The van der Waals surface area contributed by atoms with Crippen LogP contribution in [0.5, 0.6) is 0 Å². The number of rotatable bonds is 4. The van der Waals surface area contributed by atoms with Crippen LogP contribution in [-0.2, 0) is 9.59 Å². The van der Waals surface area contributed by atoms with Crippen LogP contribution in [0.4, 0.5) is 0 Å². The second kappa shape index (κ2) is 7.61. The fraction of sp³-hybridized carbons (Fsp3) is 0.500. The Bertz CT molecular complexity index is 525. The number of carbonyl (C=O) groups excluding carboxylic acids is 2. The summed E-state index contributed by atoms with van der Waals surface area (Å²) in [6.07, 6.45) is 1.31. The maximum absolute atomic E-state index is 12.3.